The normalized spacial score (nSPS) is 16.8. The summed E-state index contributed by atoms with van der Waals surface area (Å²) in [5, 5.41) is 4.06. The molecule has 0 spiro atoms. The van der Waals surface area contributed by atoms with Crippen molar-refractivity contribution in [1.82, 2.24) is 0 Å². The van der Waals surface area contributed by atoms with Crippen molar-refractivity contribution in [2.75, 3.05) is 32.2 Å². The lowest BCUT2D eigenvalue weighted by Gasteiger charge is -2.22. The first-order valence-corrected chi connectivity index (χ1v) is 6.32. The summed E-state index contributed by atoms with van der Waals surface area (Å²) in [4.78, 5) is 0. The highest BCUT2D eigenvalue weighted by atomic mass is 35.5. The predicted octanol–water partition coefficient (Wildman–Crippen LogP) is 3.19. The number of anilines is 1. The second kappa shape index (κ2) is 6.12. The van der Waals surface area contributed by atoms with Crippen LogP contribution in [0.5, 0.6) is 5.75 Å². The van der Waals surface area contributed by atoms with E-state index in [4.69, 9.17) is 21.1 Å². The highest BCUT2D eigenvalue weighted by Crippen LogP contribution is 2.27. The SMILES string of the molecule is COc1cc(NCC2CCOCC2)ccc1Cl. The summed E-state index contributed by atoms with van der Waals surface area (Å²) in [5.41, 5.74) is 1.05. The average molecular weight is 256 g/mol. The van der Waals surface area contributed by atoms with Gasteiger partial charge in [-0.1, -0.05) is 11.6 Å². The summed E-state index contributed by atoms with van der Waals surface area (Å²) >= 11 is 5.98. The van der Waals surface area contributed by atoms with Crippen molar-refractivity contribution in [1.29, 1.82) is 0 Å². The van der Waals surface area contributed by atoms with Crippen LogP contribution in [0, 0.1) is 5.92 Å². The molecule has 0 unspecified atom stereocenters. The Morgan fingerprint density at radius 2 is 2.18 bits per heavy atom. The zero-order chi connectivity index (χ0) is 12.1. The molecule has 1 aromatic rings. The zero-order valence-electron chi connectivity index (χ0n) is 10.0. The van der Waals surface area contributed by atoms with Crippen LogP contribution in [-0.4, -0.2) is 26.9 Å². The molecule has 0 aliphatic carbocycles. The van der Waals surface area contributed by atoms with Crippen LogP contribution in [0.25, 0.3) is 0 Å². The molecule has 0 radical (unpaired) electrons. The van der Waals surface area contributed by atoms with Crippen LogP contribution in [0.2, 0.25) is 5.02 Å². The van der Waals surface area contributed by atoms with Gasteiger partial charge in [0.2, 0.25) is 0 Å². The van der Waals surface area contributed by atoms with Gasteiger partial charge in [-0.2, -0.15) is 0 Å². The second-order valence-electron chi connectivity index (χ2n) is 4.29. The van der Waals surface area contributed by atoms with E-state index < -0.39 is 0 Å². The Morgan fingerprint density at radius 3 is 2.88 bits per heavy atom. The molecule has 1 aromatic carbocycles. The smallest absolute Gasteiger partial charge is 0.139 e. The molecule has 1 N–H and O–H groups in total. The molecule has 1 aliphatic rings. The van der Waals surface area contributed by atoms with Gasteiger partial charge >= 0.3 is 0 Å². The molecular formula is C13H18ClNO2. The van der Waals surface area contributed by atoms with E-state index in [0.717, 1.165) is 38.3 Å². The summed E-state index contributed by atoms with van der Waals surface area (Å²) in [5.74, 6) is 1.41. The summed E-state index contributed by atoms with van der Waals surface area (Å²) in [6.07, 6.45) is 2.27. The highest BCUT2D eigenvalue weighted by molar-refractivity contribution is 6.32. The first-order chi connectivity index (χ1) is 8.29. The second-order valence-corrected chi connectivity index (χ2v) is 4.69. The number of benzene rings is 1. The molecule has 0 atom stereocenters. The van der Waals surface area contributed by atoms with E-state index in [9.17, 15) is 0 Å². The Morgan fingerprint density at radius 1 is 1.41 bits per heavy atom. The Balaban J connectivity index is 1.89. The molecule has 1 fully saturated rings. The number of halogens is 1. The van der Waals surface area contributed by atoms with Gasteiger partial charge in [0, 0.05) is 31.5 Å². The third kappa shape index (κ3) is 3.51. The number of nitrogens with one attached hydrogen (secondary N) is 1. The Labute approximate surface area is 107 Å². The van der Waals surface area contributed by atoms with E-state index in [1.807, 2.05) is 18.2 Å². The molecule has 94 valence electrons. The molecule has 17 heavy (non-hydrogen) atoms. The standard InChI is InChI=1S/C13H18ClNO2/c1-16-13-8-11(2-3-12(13)14)15-9-10-4-6-17-7-5-10/h2-3,8,10,15H,4-7,9H2,1H3. The number of hydrogen-bond acceptors (Lipinski definition) is 3. The highest BCUT2D eigenvalue weighted by Gasteiger charge is 2.13. The molecule has 3 nitrogen and oxygen atoms in total. The minimum atomic E-state index is 0.643. The van der Waals surface area contributed by atoms with Gasteiger partial charge in [0.15, 0.2) is 0 Å². The van der Waals surface area contributed by atoms with Gasteiger partial charge in [0.1, 0.15) is 5.75 Å². The molecule has 1 aliphatic heterocycles. The summed E-state index contributed by atoms with van der Waals surface area (Å²) < 4.78 is 10.5. The van der Waals surface area contributed by atoms with Gasteiger partial charge in [0.05, 0.1) is 12.1 Å². The van der Waals surface area contributed by atoms with E-state index in [2.05, 4.69) is 5.32 Å². The molecule has 0 aromatic heterocycles. The third-order valence-electron chi connectivity index (χ3n) is 3.09. The number of ether oxygens (including phenoxy) is 2. The van der Waals surface area contributed by atoms with Crippen molar-refractivity contribution < 1.29 is 9.47 Å². The lowest BCUT2D eigenvalue weighted by atomic mass is 10.0. The topological polar surface area (TPSA) is 30.5 Å². The van der Waals surface area contributed by atoms with E-state index in [0.29, 0.717) is 16.7 Å². The molecule has 0 saturated carbocycles. The lowest BCUT2D eigenvalue weighted by molar-refractivity contribution is 0.0699. The van der Waals surface area contributed by atoms with Crippen molar-refractivity contribution in [3.05, 3.63) is 23.2 Å². The first kappa shape index (κ1) is 12.5. The van der Waals surface area contributed by atoms with Gasteiger partial charge < -0.3 is 14.8 Å². The predicted molar refractivity (Wildman–Crippen MR) is 70.0 cm³/mol. The number of hydrogen-bond donors (Lipinski definition) is 1. The Hall–Kier alpha value is -0.930. The van der Waals surface area contributed by atoms with Gasteiger partial charge in [-0.05, 0) is 30.9 Å². The molecule has 4 heteroatoms. The number of methoxy groups -OCH3 is 1. The van der Waals surface area contributed by atoms with Crippen LogP contribution in [0.4, 0.5) is 5.69 Å². The summed E-state index contributed by atoms with van der Waals surface area (Å²) in [6, 6.07) is 5.76. The average Bonchev–Trinajstić information content (AvgIpc) is 2.39. The lowest BCUT2D eigenvalue weighted by Crippen LogP contribution is -2.22. The molecular weight excluding hydrogens is 238 g/mol. The third-order valence-corrected chi connectivity index (χ3v) is 3.40. The maximum atomic E-state index is 5.98. The fraction of sp³-hybridized carbons (Fsp3) is 0.538. The minimum Gasteiger partial charge on any atom is -0.495 e. The fourth-order valence-electron chi connectivity index (χ4n) is 1.98. The fourth-order valence-corrected chi connectivity index (χ4v) is 2.18. The van der Waals surface area contributed by atoms with E-state index in [-0.39, 0.29) is 0 Å². The van der Waals surface area contributed by atoms with Gasteiger partial charge in [-0.15, -0.1) is 0 Å². The molecule has 0 bridgehead atoms. The van der Waals surface area contributed by atoms with Crippen LogP contribution in [0.1, 0.15) is 12.8 Å². The molecule has 1 saturated heterocycles. The van der Waals surface area contributed by atoms with Crippen LogP contribution >= 0.6 is 11.6 Å². The van der Waals surface area contributed by atoms with Crippen LogP contribution in [-0.2, 0) is 4.74 Å². The van der Waals surface area contributed by atoms with E-state index >= 15 is 0 Å². The van der Waals surface area contributed by atoms with Crippen LogP contribution in [0.15, 0.2) is 18.2 Å². The van der Waals surface area contributed by atoms with E-state index in [1.54, 1.807) is 7.11 Å². The van der Waals surface area contributed by atoms with Gasteiger partial charge in [0.25, 0.3) is 0 Å². The summed E-state index contributed by atoms with van der Waals surface area (Å²) in [6.45, 7) is 2.75. The largest absolute Gasteiger partial charge is 0.495 e. The first-order valence-electron chi connectivity index (χ1n) is 5.95. The minimum absolute atomic E-state index is 0.643. The Bertz CT molecular complexity index is 364. The van der Waals surface area contributed by atoms with Crippen molar-refractivity contribution in [3.8, 4) is 5.75 Å². The van der Waals surface area contributed by atoms with Gasteiger partial charge in [-0.3, -0.25) is 0 Å². The maximum absolute atomic E-state index is 5.98. The van der Waals surface area contributed by atoms with Crippen molar-refractivity contribution in [2.24, 2.45) is 5.92 Å². The van der Waals surface area contributed by atoms with E-state index in [1.165, 1.54) is 0 Å². The van der Waals surface area contributed by atoms with Crippen molar-refractivity contribution in [2.45, 2.75) is 12.8 Å². The number of rotatable bonds is 4. The van der Waals surface area contributed by atoms with Crippen molar-refractivity contribution >= 4 is 17.3 Å². The monoisotopic (exact) mass is 255 g/mol. The zero-order valence-corrected chi connectivity index (χ0v) is 10.8. The van der Waals surface area contributed by atoms with Gasteiger partial charge in [-0.25, -0.2) is 0 Å². The maximum Gasteiger partial charge on any atom is 0.139 e. The Kier molecular flexibility index (Phi) is 4.51. The summed E-state index contributed by atoms with van der Waals surface area (Å²) in [7, 11) is 1.63. The molecule has 0 amide bonds. The molecule has 1 heterocycles. The van der Waals surface area contributed by atoms with Crippen LogP contribution in [0.3, 0.4) is 0 Å². The van der Waals surface area contributed by atoms with Crippen molar-refractivity contribution in [3.63, 3.8) is 0 Å². The molecule has 2 rings (SSSR count). The van der Waals surface area contributed by atoms with Crippen LogP contribution < -0.4 is 10.1 Å². The quantitative estimate of drug-likeness (QED) is 0.896.